The van der Waals surface area contributed by atoms with Crippen molar-refractivity contribution in [3.63, 3.8) is 0 Å². The molecule has 3 N–H and O–H groups in total. The topological polar surface area (TPSA) is 63.8 Å². The molecular formula is C13H12N4S. The molecule has 0 unspecified atom stereocenters. The van der Waals surface area contributed by atoms with Crippen LogP contribution in [0.1, 0.15) is 5.56 Å². The van der Waals surface area contributed by atoms with Gasteiger partial charge in [-0.2, -0.15) is 0 Å². The zero-order chi connectivity index (χ0) is 12.4. The number of fused-ring (bicyclic) bond motifs is 1. The Kier molecular flexibility index (Phi) is 2.82. The zero-order valence-corrected chi connectivity index (χ0v) is 10.4. The van der Waals surface area contributed by atoms with Gasteiger partial charge in [-0.3, -0.25) is 4.98 Å². The van der Waals surface area contributed by atoms with Gasteiger partial charge in [0.15, 0.2) is 0 Å². The smallest absolute Gasteiger partial charge is 0.106 e. The van der Waals surface area contributed by atoms with Crippen molar-refractivity contribution in [3.8, 4) is 0 Å². The molecule has 0 amide bonds. The van der Waals surface area contributed by atoms with Crippen molar-refractivity contribution in [3.05, 3.63) is 47.7 Å². The first-order chi connectivity index (χ1) is 8.84. The highest BCUT2D eigenvalue weighted by atomic mass is 32.1. The molecule has 0 radical (unpaired) electrons. The molecule has 2 aromatic heterocycles. The summed E-state index contributed by atoms with van der Waals surface area (Å²) in [5.41, 5.74) is 11.6. The first kappa shape index (κ1) is 11.0. The molecule has 1 aromatic carbocycles. The van der Waals surface area contributed by atoms with E-state index in [9.17, 15) is 0 Å². The number of thiazole rings is 1. The lowest BCUT2D eigenvalue weighted by molar-refractivity contribution is 1.13. The van der Waals surface area contributed by atoms with Crippen LogP contribution in [0.25, 0.3) is 10.2 Å². The van der Waals surface area contributed by atoms with Gasteiger partial charge in [0, 0.05) is 18.9 Å². The van der Waals surface area contributed by atoms with Crippen LogP contribution in [-0.2, 0) is 6.54 Å². The van der Waals surface area contributed by atoms with E-state index in [2.05, 4.69) is 15.3 Å². The molecule has 18 heavy (non-hydrogen) atoms. The lowest BCUT2D eigenvalue weighted by Gasteiger charge is -2.09. The van der Waals surface area contributed by atoms with Crippen LogP contribution >= 0.6 is 11.3 Å². The molecule has 0 aliphatic rings. The minimum absolute atomic E-state index is 0.711. The number of nitrogens with zero attached hydrogens (tertiary/aromatic N) is 2. The van der Waals surface area contributed by atoms with Gasteiger partial charge in [-0.15, -0.1) is 11.3 Å². The van der Waals surface area contributed by atoms with Gasteiger partial charge in [0.05, 0.1) is 21.6 Å². The Balaban J connectivity index is 1.84. The largest absolute Gasteiger partial charge is 0.395 e. The maximum Gasteiger partial charge on any atom is 0.106 e. The average molecular weight is 256 g/mol. The number of anilines is 2. The van der Waals surface area contributed by atoms with Gasteiger partial charge in [0.1, 0.15) is 5.52 Å². The van der Waals surface area contributed by atoms with E-state index in [4.69, 9.17) is 5.73 Å². The summed E-state index contributed by atoms with van der Waals surface area (Å²) in [7, 11) is 0. The van der Waals surface area contributed by atoms with Crippen LogP contribution in [0.2, 0.25) is 0 Å². The molecule has 4 nitrogen and oxygen atoms in total. The van der Waals surface area contributed by atoms with Crippen LogP contribution in [0.15, 0.2) is 42.2 Å². The first-order valence-electron chi connectivity index (χ1n) is 5.59. The molecule has 0 aliphatic carbocycles. The van der Waals surface area contributed by atoms with E-state index in [0.717, 1.165) is 22.4 Å². The molecular weight excluding hydrogens is 244 g/mol. The number of hydrogen-bond donors (Lipinski definition) is 2. The van der Waals surface area contributed by atoms with E-state index in [0.29, 0.717) is 5.69 Å². The molecule has 0 atom stereocenters. The second-order valence-electron chi connectivity index (χ2n) is 3.93. The van der Waals surface area contributed by atoms with Gasteiger partial charge in [-0.25, -0.2) is 4.98 Å². The summed E-state index contributed by atoms with van der Waals surface area (Å²) in [5.74, 6) is 0. The summed E-state index contributed by atoms with van der Waals surface area (Å²) < 4.78 is 1.11. The first-order valence-corrected chi connectivity index (χ1v) is 6.47. The highest BCUT2D eigenvalue weighted by molar-refractivity contribution is 7.16. The summed E-state index contributed by atoms with van der Waals surface area (Å²) in [5, 5.41) is 3.32. The second-order valence-corrected chi connectivity index (χ2v) is 4.82. The Morgan fingerprint density at radius 2 is 2.00 bits per heavy atom. The monoisotopic (exact) mass is 256 g/mol. The predicted octanol–water partition coefficient (Wildman–Crippen LogP) is 2.89. The molecule has 90 valence electrons. The van der Waals surface area contributed by atoms with Crippen LogP contribution in [0.5, 0.6) is 0 Å². The Hall–Kier alpha value is -2.14. The Morgan fingerprint density at radius 3 is 2.83 bits per heavy atom. The van der Waals surface area contributed by atoms with Crippen LogP contribution < -0.4 is 11.1 Å². The van der Waals surface area contributed by atoms with Crippen molar-refractivity contribution >= 4 is 32.9 Å². The minimum atomic E-state index is 0.711. The van der Waals surface area contributed by atoms with Gasteiger partial charge in [-0.05, 0) is 29.8 Å². The van der Waals surface area contributed by atoms with E-state index < -0.39 is 0 Å². The zero-order valence-electron chi connectivity index (χ0n) is 9.63. The molecule has 3 rings (SSSR count). The van der Waals surface area contributed by atoms with Gasteiger partial charge in [-0.1, -0.05) is 0 Å². The van der Waals surface area contributed by atoms with Gasteiger partial charge < -0.3 is 11.1 Å². The van der Waals surface area contributed by atoms with E-state index >= 15 is 0 Å². The number of aromatic nitrogens is 2. The number of hydrogen-bond acceptors (Lipinski definition) is 5. The van der Waals surface area contributed by atoms with E-state index in [1.807, 2.05) is 29.8 Å². The normalized spacial score (nSPS) is 10.7. The third-order valence-electron chi connectivity index (χ3n) is 2.77. The number of pyridine rings is 1. The second kappa shape index (κ2) is 4.62. The molecule has 0 saturated carbocycles. The van der Waals surface area contributed by atoms with Gasteiger partial charge in [0.2, 0.25) is 0 Å². The van der Waals surface area contributed by atoms with Crippen LogP contribution in [-0.4, -0.2) is 9.97 Å². The third kappa shape index (κ3) is 2.00. The molecule has 0 saturated heterocycles. The molecule has 0 spiro atoms. The van der Waals surface area contributed by atoms with Crippen LogP contribution in [0.4, 0.5) is 11.4 Å². The summed E-state index contributed by atoms with van der Waals surface area (Å²) in [6, 6.07) is 7.99. The standard InChI is InChI=1S/C13H12N4S/c14-12-10(1-2-11-13(12)17-8-18-11)16-7-9-3-5-15-6-4-9/h1-6,8,16H,7,14H2. The Morgan fingerprint density at radius 1 is 1.17 bits per heavy atom. The average Bonchev–Trinajstić information content (AvgIpc) is 2.88. The minimum Gasteiger partial charge on any atom is -0.395 e. The number of rotatable bonds is 3. The molecule has 5 heteroatoms. The number of nitrogen functional groups attached to an aromatic ring is 1. The predicted molar refractivity (Wildman–Crippen MR) is 75.6 cm³/mol. The van der Waals surface area contributed by atoms with Crippen LogP contribution in [0.3, 0.4) is 0 Å². The molecule has 0 aliphatic heterocycles. The lowest BCUT2D eigenvalue weighted by atomic mass is 10.2. The third-order valence-corrected chi connectivity index (χ3v) is 3.57. The Labute approximate surface area is 109 Å². The highest BCUT2D eigenvalue weighted by Crippen LogP contribution is 2.30. The van der Waals surface area contributed by atoms with E-state index in [1.54, 1.807) is 23.7 Å². The van der Waals surface area contributed by atoms with Crippen molar-refractivity contribution < 1.29 is 0 Å². The van der Waals surface area contributed by atoms with Crippen molar-refractivity contribution in [2.75, 3.05) is 11.1 Å². The Bertz CT molecular complexity index is 663. The SMILES string of the molecule is Nc1c(NCc2ccncc2)ccc2scnc12. The maximum atomic E-state index is 6.10. The van der Waals surface area contributed by atoms with Crippen molar-refractivity contribution in [2.24, 2.45) is 0 Å². The fraction of sp³-hybridized carbons (Fsp3) is 0.0769. The molecule has 0 fully saturated rings. The summed E-state index contributed by atoms with van der Waals surface area (Å²) in [6.45, 7) is 0.725. The molecule has 0 bridgehead atoms. The fourth-order valence-electron chi connectivity index (χ4n) is 1.80. The number of benzene rings is 1. The maximum absolute atomic E-state index is 6.10. The quantitative estimate of drug-likeness (QED) is 0.707. The van der Waals surface area contributed by atoms with Gasteiger partial charge >= 0.3 is 0 Å². The van der Waals surface area contributed by atoms with Crippen LogP contribution in [0, 0.1) is 0 Å². The number of nitrogens with one attached hydrogen (secondary N) is 1. The number of nitrogens with two attached hydrogens (primary N) is 1. The fourth-order valence-corrected chi connectivity index (χ4v) is 2.50. The summed E-state index contributed by atoms with van der Waals surface area (Å²) in [4.78, 5) is 8.27. The lowest BCUT2D eigenvalue weighted by Crippen LogP contribution is -2.02. The van der Waals surface area contributed by atoms with Crippen molar-refractivity contribution in [1.29, 1.82) is 0 Å². The van der Waals surface area contributed by atoms with E-state index in [1.165, 1.54) is 5.56 Å². The molecule has 2 heterocycles. The van der Waals surface area contributed by atoms with Crippen molar-refractivity contribution in [2.45, 2.75) is 6.54 Å². The summed E-state index contributed by atoms with van der Waals surface area (Å²) in [6.07, 6.45) is 3.56. The van der Waals surface area contributed by atoms with E-state index in [-0.39, 0.29) is 0 Å². The van der Waals surface area contributed by atoms with Gasteiger partial charge in [0.25, 0.3) is 0 Å². The van der Waals surface area contributed by atoms with Crippen molar-refractivity contribution in [1.82, 2.24) is 9.97 Å². The highest BCUT2D eigenvalue weighted by Gasteiger charge is 2.06. The summed E-state index contributed by atoms with van der Waals surface area (Å²) >= 11 is 1.60. The molecule has 3 aromatic rings.